The highest BCUT2D eigenvalue weighted by Gasteiger charge is 2.30. The summed E-state index contributed by atoms with van der Waals surface area (Å²) in [6.45, 7) is 2.95. The summed E-state index contributed by atoms with van der Waals surface area (Å²) in [4.78, 5) is 25.8. The molecule has 0 bridgehead atoms. The maximum absolute atomic E-state index is 12.1. The summed E-state index contributed by atoms with van der Waals surface area (Å²) >= 11 is 0. The van der Waals surface area contributed by atoms with Crippen LogP contribution in [0.4, 0.5) is 5.69 Å². The first-order valence-electron chi connectivity index (χ1n) is 7.28. The van der Waals surface area contributed by atoms with Crippen LogP contribution in [0.5, 0.6) is 0 Å². The van der Waals surface area contributed by atoms with E-state index in [1.165, 1.54) is 7.11 Å². The number of carbonyl (C=O) groups excluding carboxylic acids is 2. The van der Waals surface area contributed by atoms with Crippen molar-refractivity contribution in [3.8, 4) is 0 Å². The van der Waals surface area contributed by atoms with Crippen molar-refractivity contribution in [2.45, 2.75) is 32.2 Å². The molecule has 1 fully saturated rings. The molecule has 1 atom stereocenters. The summed E-state index contributed by atoms with van der Waals surface area (Å²) in [6.07, 6.45) is 2.76. The lowest BCUT2D eigenvalue weighted by Crippen LogP contribution is -2.48. The summed E-state index contributed by atoms with van der Waals surface area (Å²) < 4.78 is 4.82. The number of anilines is 1. The highest BCUT2D eigenvalue weighted by molar-refractivity contribution is 5.92. The largest absolute Gasteiger partial charge is 0.468 e. The molecule has 1 aromatic carbocycles. The smallest absolute Gasteiger partial charge is 0.323 e. The molecule has 21 heavy (non-hydrogen) atoms. The number of nitrogens with zero attached hydrogens (tertiary/aromatic N) is 1. The van der Waals surface area contributed by atoms with Gasteiger partial charge in [-0.1, -0.05) is 18.6 Å². The number of nitrogens with one attached hydrogen (secondary N) is 1. The minimum absolute atomic E-state index is 0.101. The molecule has 1 aliphatic rings. The van der Waals surface area contributed by atoms with Crippen LogP contribution in [-0.4, -0.2) is 43.0 Å². The third-order valence-electron chi connectivity index (χ3n) is 3.74. The van der Waals surface area contributed by atoms with Gasteiger partial charge in [0.05, 0.1) is 13.7 Å². The molecule has 114 valence electrons. The van der Waals surface area contributed by atoms with E-state index in [9.17, 15) is 9.59 Å². The van der Waals surface area contributed by atoms with Gasteiger partial charge in [0.1, 0.15) is 6.04 Å². The monoisotopic (exact) mass is 290 g/mol. The van der Waals surface area contributed by atoms with E-state index in [-0.39, 0.29) is 24.5 Å². The molecule has 2 rings (SSSR count). The Hall–Kier alpha value is -1.88. The van der Waals surface area contributed by atoms with Gasteiger partial charge in [0.2, 0.25) is 5.91 Å². The Kier molecular flexibility index (Phi) is 5.33. The number of aryl methyl sites for hydroxylation is 1. The van der Waals surface area contributed by atoms with Crippen LogP contribution in [0.2, 0.25) is 0 Å². The van der Waals surface area contributed by atoms with Crippen molar-refractivity contribution in [3.05, 3.63) is 29.8 Å². The van der Waals surface area contributed by atoms with E-state index in [1.54, 1.807) is 0 Å². The van der Waals surface area contributed by atoms with Crippen LogP contribution in [0.15, 0.2) is 24.3 Å². The van der Waals surface area contributed by atoms with Crippen molar-refractivity contribution in [2.24, 2.45) is 0 Å². The van der Waals surface area contributed by atoms with Crippen molar-refractivity contribution in [3.63, 3.8) is 0 Å². The van der Waals surface area contributed by atoms with E-state index in [1.807, 2.05) is 36.1 Å². The topological polar surface area (TPSA) is 58.6 Å². The Morgan fingerprint density at radius 3 is 2.90 bits per heavy atom. The Morgan fingerprint density at radius 2 is 2.19 bits per heavy atom. The van der Waals surface area contributed by atoms with Gasteiger partial charge < -0.3 is 10.1 Å². The zero-order chi connectivity index (χ0) is 15.2. The Bertz CT molecular complexity index is 516. The summed E-state index contributed by atoms with van der Waals surface area (Å²) in [5, 5.41) is 2.87. The number of piperidine rings is 1. The van der Waals surface area contributed by atoms with E-state index in [0.29, 0.717) is 0 Å². The molecule has 1 amide bonds. The summed E-state index contributed by atoms with van der Waals surface area (Å²) in [6, 6.07) is 7.37. The van der Waals surface area contributed by atoms with Gasteiger partial charge in [0.25, 0.3) is 0 Å². The number of rotatable bonds is 4. The third-order valence-corrected chi connectivity index (χ3v) is 3.74. The fraction of sp³-hybridized carbons (Fsp3) is 0.500. The van der Waals surface area contributed by atoms with Crippen LogP contribution < -0.4 is 5.32 Å². The van der Waals surface area contributed by atoms with Gasteiger partial charge in [-0.2, -0.15) is 0 Å². The van der Waals surface area contributed by atoms with Crippen LogP contribution in [0.1, 0.15) is 24.8 Å². The second-order valence-electron chi connectivity index (χ2n) is 5.42. The van der Waals surface area contributed by atoms with Crippen LogP contribution in [0, 0.1) is 6.92 Å². The van der Waals surface area contributed by atoms with E-state index >= 15 is 0 Å². The van der Waals surface area contributed by atoms with Gasteiger partial charge in [-0.3, -0.25) is 14.5 Å². The first kappa shape index (κ1) is 15.5. The molecule has 1 heterocycles. The Morgan fingerprint density at radius 1 is 1.38 bits per heavy atom. The maximum atomic E-state index is 12.1. The summed E-state index contributed by atoms with van der Waals surface area (Å²) in [5.74, 6) is -0.352. The lowest BCUT2D eigenvalue weighted by atomic mass is 10.0. The zero-order valence-electron chi connectivity index (χ0n) is 12.6. The minimum atomic E-state index is -0.299. The van der Waals surface area contributed by atoms with Crippen molar-refractivity contribution in [1.82, 2.24) is 4.90 Å². The highest BCUT2D eigenvalue weighted by Crippen LogP contribution is 2.18. The molecule has 1 saturated heterocycles. The molecule has 0 aliphatic carbocycles. The number of hydrogen-bond acceptors (Lipinski definition) is 4. The van der Waals surface area contributed by atoms with E-state index in [4.69, 9.17) is 4.74 Å². The Balaban J connectivity index is 1.95. The molecule has 1 N–H and O–H groups in total. The molecular formula is C16H22N2O3. The van der Waals surface area contributed by atoms with Gasteiger partial charge in [0, 0.05) is 5.69 Å². The third kappa shape index (κ3) is 4.29. The quantitative estimate of drug-likeness (QED) is 0.861. The molecule has 1 aliphatic heterocycles. The standard InChI is InChI=1S/C16H22N2O3/c1-12-6-5-7-13(10-12)17-15(19)11-18-9-4-3-8-14(18)16(20)21-2/h5-7,10,14H,3-4,8-9,11H2,1-2H3,(H,17,19). The van der Waals surface area contributed by atoms with Crippen LogP contribution in [0.25, 0.3) is 0 Å². The number of methoxy groups -OCH3 is 1. The Labute approximate surface area is 125 Å². The maximum Gasteiger partial charge on any atom is 0.323 e. The van der Waals surface area contributed by atoms with Crippen molar-refractivity contribution < 1.29 is 14.3 Å². The number of esters is 1. The zero-order valence-corrected chi connectivity index (χ0v) is 12.6. The molecule has 5 heteroatoms. The average molecular weight is 290 g/mol. The molecular weight excluding hydrogens is 268 g/mol. The minimum Gasteiger partial charge on any atom is -0.468 e. The van der Waals surface area contributed by atoms with E-state index in [0.717, 1.165) is 37.1 Å². The fourth-order valence-electron chi connectivity index (χ4n) is 2.69. The number of hydrogen-bond donors (Lipinski definition) is 1. The molecule has 1 aromatic rings. The highest BCUT2D eigenvalue weighted by atomic mass is 16.5. The molecule has 5 nitrogen and oxygen atoms in total. The first-order chi connectivity index (χ1) is 10.1. The molecule has 0 radical (unpaired) electrons. The number of amides is 1. The van der Waals surface area contributed by atoms with Crippen LogP contribution >= 0.6 is 0 Å². The van der Waals surface area contributed by atoms with Gasteiger partial charge >= 0.3 is 5.97 Å². The summed E-state index contributed by atoms with van der Waals surface area (Å²) in [5.41, 5.74) is 1.88. The van der Waals surface area contributed by atoms with Gasteiger partial charge in [-0.25, -0.2) is 0 Å². The predicted octanol–water partition coefficient (Wildman–Crippen LogP) is 1.96. The predicted molar refractivity (Wildman–Crippen MR) is 81.0 cm³/mol. The molecule has 0 aromatic heterocycles. The van der Waals surface area contributed by atoms with Gasteiger partial charge in [-0.15, -0.1) is 0 Å². The van der Waals surface area contributed by atoms with Crippen LogP contribution in [0.3, 0.4) is 0 Å². The fourth-order valence-corrected chi connectivity index (χ4v) is 2.69. The number of ether oxygens (including phenoxy) is 1. The number of carbonyl (C=O) groups is 2. The number of benzene rings is 1. The lowest BCUT2D eigenvalue weighted by Gasteiger charge is -2.32. The SMILES string of the molecule is COC(=O)C1CCCCN1CC(=O)Nc1cccc(C)c1. The second-order valence-corrected chi connectivity index (χ2v) is 5.42. The molecule has 1 unspecified atom stereocenters. The lowest BCUT2D eigenvalue weighted by molar-refractivity contribution is -0.148. The average Bonchev–Trinajstić information content (AvgIpc) is 2.47. The van der Waals surface area contributed by atoms with E-state index in [2.05, 4.69) is 5.32 Å². The molecule has 0 spiro atoms. The second kappa shape index (κ2) is 7.22. The number of likely N-dealkylation sites (tertiary alicyclic amines) is 1. The van der Waals surface area contributed by atoms with Crippen molar-refractivity contribution in [1.29, 1.82) is 0 Å². The van der Waals surface area contributed by atoms with Crippen LogP contribution in [-0.2, 0) is 14.3 Å². The van der Waals surface area contributed by atoms with Crippen molar-refractivity contribution in [2.75, 3.05) is 25.5 Å². The molecule has 0 saturated carbocycles. The van der Waals surface area contributed by atoms with Gasteiger partial charge in [0.15, 0.2) is 0 Å². The van der Waals surface area contributed by atoms with Gasteiger partial charge in [-0.05, 0) is 44.0 Å². The first-order valence-corrected chi connectivity index (χ1v) is 7.28. The summed E-state index contributed by atoms with van der Waals surface area (Å²) in [7, 11) is 1.39. The van der Waals surface area contributed by atoms with Crippen molar-refractivity contribution >= 4 is 17.6 Å². The normalized spacial score (nSPS) is 19.0. The van der Waals surface area contributed by atoms with E-state index < -0.39 is 0 Å².